The number of carbonyl (C=O) groups excluding carboxylic acids is 1. The number of benzene rings is 1. The highest BCUT2D eigenvalue weighted by atomic mass is 16.4. The molecule has 0 bridgehead atoms. The van der Waals surface area contributed by atoms with Crippen LogP contribution in [0, 0.1) is 0 Å². The van der Waals surface area contributed by atoms with Crippen LogP contribution in [0.1, 0.15) is 12.5 Å². The number of hydrogen-bond acceptors (Lipinski definition) is 4. The number of aliphatic carboxylic acids is 1. The summed E-state index contributed by atoms with van der Waals surface area (Å²) in [6.07, 6.45) is 0.169. The van der Waals surface area contributed by atoms with E-state index in [1.807, 2.05) is 0 Å². The van der Waals surface area contributed by atoms with Crippen LogP contribution in [0.15, 0.2) is 35.4 Å². The molecule has 4 N–H and O–H groups in total. The Morgan fingerprint density at radius 3 is 2.38 bits per heavy atom. The van der Waals surface area contributed by atoms with Crippen molar-refractivity contribution in [2.24, 2.45) is 0 Å². The number of hydrogen-bond donors (Lipinski definition) is 4. The fraction of sp³-hybridized carbons (Fsp3) is 0.333. The van der Waals surface area contributed by atoms with Crippen LogP contribution in [0.5, 0.6) is 5.75 Å². The summed E-state index contributed by atoms with van der Waals surface area (Å²) in [5, 5.41) is 24.0. The molecule has 1 aromatic carbocycles. The zero-order chi connectivity index (χ0) is 15.4. The molecule has 0 radical (unpaired) electrons. The summed E-state index contributed by atoms with van der Waals surface area (Å²) in [6, 6.07) is 5.26. The highest BCUT2D eigenvalue weighted by Gasteiger charge is 2.23. The fourth-order valence-corrected chi connectivity index (χ4v) is 2.01. The Hall–Kier alpha value is -2.34. The topological polar surface area (TPSA) is 98.7 Å². The highest BCUT2D eigenvalue weighted by molar-refractivity contribution is 5.96. The summed E-state index contributed by atoms with van der Waals surface area (Å²) >= 11 is 0. The molecule has 0 aliphatic carbocycles. The second-order valence-electron chi connectivity index (χ2n) is 5.07. The first kappa shape index (κ1) is 15.1. The van der Waals surface area contributed by atoms with E-state index in [-0.39, 0.29) is 18.1 Å². The summed E-state index contributed by atoms with van der Waals surface area (Å²) in [7, 11) is 0. The standard InChI is InChI=1S/C15H18N2O4/c1-9(11-7-16-8-11)14(19)17-13(15(20)21)6-10-2-4-12(18)5-3-10/h2-5,13,16,18H,6-8H2,1H3,(H,17,19)(H,20,21)/t13-/m1/s1. The quantitative estimate of drug-likeness (QED) is 0.589. The van der Waals surface area contributed by atoms with Crippen LogP contribution in [-0.2, 0) is 16.0 Å². The molecule has 6 heteroatoms. The molecule has 21 heavy (non-hydrogen) atoms. The maximum atomic E-state index is 12.0. The maximum absolute atomic E-state index is 12.0. The third kappa shape index (κ3) is 3.82. The van der Waals surface area contributed by atoms with Crippen LogP contribution >= 0.6 is 0 Å². The Morgan fingerprint density at radius 2 is 1.90 bits per heavy atom. The average Bonchev–Trinajstić information content (AvgIpc) is 2.38. The minimum atomic E-state index is -1.08. The third-order valence-electron chi connectivity index (χ3n) is 3.53. The van der Waals surface area contributed by atoms with Crippen molar-refractivity contribution < 1.29 is 19.8 Å². The van der Waals surface area contributed by atoms with Gasteiger partial charge in [-0.2, -0.15) is 0 Å². The van der Waals surface area contributed by atoms with E-state index in [1.54, 1.807) is 19.1 Å². The third-order valence-corrected chi connectivity index (χ3v) is 3.53. The van der Waals surface area contributed by atoms with Gasteiger partial charge >= 0.3 is 5.97 Å². The highest BCUT2D eigenvalue weighted by Crippen LogP contribution is 2.13. The molecular weight excluding hydrogens is 272 g/mol. The number of aromatic hydroxyl groups is 1. The van der Waals surface area contributed by atoms with E-state index in [0.29, 0.717) is 18.7 Å². The van der Waals surface area contributed by atoms with E-state index in [0.717, 1.165) is 11.1 Å². The molecule has 1 saturated heterocycles. The second-order valence-corrected chi connectivity index (χ2v) is 5.07. The van der Waals surface area contributed by atoms with Gasteiger partial charge in [-0.15, -0.1) is 0 Å². The minimum Gasteiger partial charge on any atom is -0.508 e. The van der Waals surface area contributed by atoms with Crippen molar-refractivity contribution in [3.05, 3.63) is 41.0 Å². The first-order valence-corrected chi connectivity index (χ1v) is 6.68. The van der Waals surface area contributed by atoms with Crippen LogP contribution < -0.4 is 10.6 Å². The van der Waals surface area contributed by atoms with E-state index in [4.69, 9.17) is 0 Å². The summed E-state index contributed by atoms with van der Waals surface area (Å²) in [6.45, 7) is 3.05. The van der Waals surface area contributed by atoms with E-state index >= 15 is 0 Å². The zero-order valence-corrected chi connectivity index (χ0v) is 11.7. The second kappa shape index (κ2) is 6.41. The number of phenols is 1. The lowest BCUT2D eigenvalue weighted by atomic mass is 10.0. The fourth-order valence-electron chi connectivity index (χ4n) is 2.01. The van der Waals surface area contributed by atoms with Gasteiger partial charge in [0.2, 0.25) is 5.91 Å². The van der Waals surface area contributed by atoms with Crippen molar-refractivity contribution in [2.75, 3.05) is 13.1 Å². The summed E-state index contributed by atoms with van der Waals surface area (Å²) in [4.78, 5) is 23.3. The molecule has 1 amide bonds. The van der Waals surface area contributed by atoms with Gasteiger partial charge < -0.3 is 20.8 Å². The molecular formula is C15H18N2O4. The van der Waals surface area contributed by atoms with Gasteiger partial charge in [-0.05, 0) is 30.2 Å². The van der Waals surface area contributed by atoms with E-state index < -0.39 is 12.0 Å². The molecule has 0 saturated carbocycles. The minimum absolute atomic E-state index is 0.118. The lowest BCUT2D eigenvalue weighted by molar-refractivity contribution is -0.141. The van der Waals surface area contributed by atoms with E-state index in [2.05, 4.69) is 10.6 Å². The largest absolute Gasteiger partial charge is 0.508 e. The molecule has 112 valence electrons. The van der Waals surface area contributed by atoms with Crippen LogP contribution in [0.3, 0.4) is 0 Å². The van der Waals surface area contributed by atoms with Gasteiger partial charge in [-0.25, -0.2) is 4.79 Å². The number of amides is 1. The number of rotatable bonds is 5. The van der Waals surface area contributed by atoms with Gasteiger partial charge in [0, 0.05) is 25.1 Å². The normalized spacial score (nSPS) is 15.0. The molecule has 1 heterocycles. The van der Waals surface area contributed by atoms with Gasteiger partial charge in [0.15, 0.2) is 0 Å². The Morgan fingerprint density at radius 1 is 1.29 bits per heavy atom. The molecule has 2 rings (SSSR count). The predicted octanol–water partition coefficient (Wildman–Crippen LogP) is 0.424. The molecule has 0 spiro atoms. The number of carboxylic acid groups (broad SMARTS) is 1. The average molecular weight is 290 g/mol. The smallest absolute Gasteiger partial charge is 0.326 e. The first-order valence-electron chi connectivity index (χ1n) is 6.68. The first-order chi connectivity index (χ1) is 9.97. The Balaban J connectivity index is 2.04. The molecule has 1 atom stereocenters. The Kier molecular flexibility index (Phi) is 4.59. The molecule has 1 aliphatic rings. The van der Waals surface area contributed by atoms with Gasteiger partial charge in [0.05, 0.1) is 0 Å². The van der Waals surface area contributed by atoms with Gasteiger partial charge in [0.25, 0.3) is 0 Å². The SMILES string of the molecule is CC(C(=O)N[C@H](Cc1ccc(O)cc1)C(=O)O)=C1CNC1. The molecule has 0 aromatic heterocycles. The molecule has 1 aliphatic heterocycles. The summed E-state index contributed by atoms with van der Waals surface area (Å²) in [5.74, 6) is -1.31. The lowest BCUT2D eigenvalue weighted by Crippen LogP contribution is -2.44. The monoisotopic (exact) mass is 290 g/mol. The van der Waals surface area contributed by atoms with Crippen molar-refractivity contribution in [3.63, 3.8) is 0 Å². The van der Waals surface area contributed by atoms with Crippen molar-refractivity contribution in [1.82, 2.24) is 10.6 Å². The summed E-state index contributed by atoms with van der Waals surface area (Å²) < 4.78 is 0. The maximum Gasteiger partial charge on any atom is 0.326 e. The molecule has 1 fully saturated rings. The van der Waals surface area contributed by atoms with Crippen molar-refractivity contribution in [3.8, 4) is 5.75 Å². The molecule has 1 aromatic rings. The predicted molar refractivity (Wildman–Crippen MR) is 76.9 cm³/mol. The van der Waals surface area contributed by atoms with Crippen molar-refractivity contribution in [2.45, 2.75) is 19.4 Å². The molecule has 6 nitrogen and oxygen atoms in total. The van der Waals surface area contributed by atoms with Crippen molar-refractivity contribution >= 4 is 11.9 Å². The number of carbonyl (C=O) groups is 2. The zero-order valence-electron chi connectivity index (χ0n) is 11.7. The molecule has 0 unspecified atom stereocenters. The van der Waals surface area contributed by atoms with Crippen LogP contribution in [0.2, 0.25) is 0 Å². The number of carboxylic acids is 1. The number of phenolic OH excluding ortho intramolecular Hbond substituents is 1. The Bertz CT molecular complexity index is 572. The van der Waals surface area contributed by atoms with Gasteiger partial charge in [-0.3, -0.25) is 4.79 Å². The Labute approximate surface area is 122 Å². The van der Waals surface area contributed by atoms with Crippen LogP contribution in [0.4, 0.5) is 0 Å². The van der Waals surface area contributed by atoms with Crippen LogP contribution in [0.25, 0.3) is 0 Å². The lowest BCUT2D eigenvalue weighted by Gasteiger charge is -2.22. The van der Waals surface area contributed by atoms with E-state index in [1.165, 1.54) is 12.1 Å². The van der Waals surface area contributed by atoms with Crippen LogP contribution in [-0.4, -0.2) is 41.2 Å². The van der Waals surface area contributed by atoms with Gasteiger partial charge in [0.1, 0.15) is 11.8 Å². The van der Waals surface area contributed by atoms with E-state index in [9.17, 15) is 19.8 Å². The van der Waals surface area contributed by atoms with Gasteiger partial charge in [-0.1, -0.05) is 12.1 Å². The van der Waals surface area contributed by atoms with Crippen molar-refractivity contribution in [1.29, 1.82) is 0 Å². The number of nitrogens with one attached hydrogen (secondary N) is 2. The summed E-state index contributed by atoms with van der Waals surface area (Å²) in [5.41, 5.74) is 2.31.